The van der Waals surface area contributed by atoms with Gasteiger partial charge in [0.25, 0.3) is 0 Å². The van der Waals surface area contributed by atoms with E-state index in [9.17, 15) is 4.79 Å². The monoisotopic (exact) mass is 537 g/mol. The summed E-state index contributed by atoms with van der Waals surface area (Å²) in [5.41, 5.74) is 2.60. The van der Waals surface area contributed by atoms with Crippen LogP contribution in [0.2, 0.25) is 0 Å². The fourth-order valence-corrected chi connectivity index (χ4v) is 5.22. The molecule has 2 aliphatic rings. The first-order chi connectivity index (χ1) is 18.7. The second kappa shape index (κ2) is 13.0. The van der Waals surface area contributed by atoms with Gasteiger partial charge >= 0.3 is 6.09 Å². The topological polar surface area (TPSA) is 110 Å². The quantitative estimate of drug-likeness (QED) is 0.353. The van der Waals surface area contributed by atoms with Crippen LogP contribution < -0.4 is 26.4 Å². The van der Waals surface area contributed by atoms with Crippen molar-refractivity contribution in [1.82, 2.24) is 19.9 Å². The lowest BCUT2D eigenvalue weighted by molar-refractivity contribution is 0.0526. The van der Waals surface area contributed by atoms with E-state index in [0.717, 1.165) is 69.9 Å². The van der Waals surface area contributed by atoms with Crippen LogP contribution in [0.15, 0.2) is 48.2 Å². The molecule has 0 unspecified atom stereocenters. The van der Waals surface area contributed by atoms with Crippen LogP contribution in [0.5, 0.6) is 5.75 Å². The summed E-state index contributed by atoms with van der Waals surface area (Å²) < 4.78 is 13.3. The number of alkyl carbamates (subject to hydrolysis) is 1. The zero-order valence-electron chi connectivity index (χ0n) is 23.6. The Balaban J connectivity index is 1.31. The van der Waals surface area contributed by atoms with Crippen LogP contribution in [0.4, 0.5) is 10.6 Å². The lowest BCUT2D eigenvalue weighted by Crippen LogP contribution is -2.41. The average Bonchev–Trinajstić information content (AvgIpc) is 3.36. The number of nitrogens with zero attached hydrogens (tertiary/aromatic N) is 5. The molecule has 0 bridgehead atoms. The number of hydrogen-bond acceptors (Lipinski definition) is 8. The minimum Gasteiger partial charge on any atom is -0.491 e. The van der Waals surface area contributed by atoms with Crippen LogP contribution in [0, 0.1) is 0 Å². The summed E-state index contributed by atoms with van der Waals surface area (Å²) in [7, 11) is 0. The van der Waals surface area contributed by atoms with E-state index in [2.05, 4.69) is 49.9 Å². The third-order valence-electron chi connectivity index (χ3n) is 7.06. The third-order valence-corrected chi connectivity index (χ3v) is 7.06. The predicted molar refractivity (Wildman–Crippen MR) is 153 cm³/mol. The van der Waals surface area contributed by atoms with Crippen LogP contribution in [0.1, 0.15) is 57.6 Å². The van der Waals surface area contributed by atoms with E-state index < -0.39 is 5.60 Å². The molecule has 1 fully saturated rings. The van der Waals surface area contributed by atoms with E-state index in [1.807, 2.05) is 26.8 Å². The van der Waals surface area contributed by atoms with Crippen molar-refractivity contribution in [3.8, 4) is 5.75 Å². The van der Waals surface area contributed by atoms with Crippen LogP contribution in [0.3, 0.4) is 0 Å². The number of nitrogens with two attached hydrogens (primary N) is 1. The number of anilines is 1. The maximum atomic E-state index is 11.8. The third kappa shape index (κ3) is 7.75. The maximum Gasteiger partial charge on any atom is 0.407 e. The van der Waals surface area contributed by atoms with Crippen LogP contribution in [-0.4, -0.2) is 65.1 Å². The highest BCUT2D eigenvalue weighted by atomic mass is 16.6. The largest absolute Gasteiger partial charge is 0.491 e. The molecule has 0 radical (unpaired) electrons. The highest BCUT2D eigenvalue weighted by Gasteiger charge is 2.28. The molecule has 0 spiro atoms. The first-order valence-corrected chi connectivity index (χ1v) is 13.9. The number of amides is 1. The molecule has 3 N–H and O–H groups in total. The molecule has 1 atom stereocenters. The molecule has 2 aliphatic heterocycles. The molecule has 1 aromatic heterocycles. The van der Waals surface area contributed by atoms with Crippen LogP contribution in [0.25, 0.3) is 0 Å². The molecule has 1 saturated heterocycles. The number of carbonyl (C=O) groups is 1. The van der Waals surface area contributed by atoms with E-state index in [1.165, 1.54) is 22.0 Å². The highest BCUT2D eigenvalue weighted by molar-refractivity contribution is 5.67. The number of fused-ring (bicyclic) bond motifs is 1. The van der Waals surface area contributed by atoms with Crippen LogP contribution >= 0.6 is 0 Å². The second-order valence-electron chi connectivity index (χ2n) is 11.1. The van der Waals surface area contributed by atoms with E-state index in [-0.39, 0.29) is 12.1 Å². The molecule has 10 heteroatoms. The molecule has 0 aliphatic carbocycles. The summed E-state index contributed by atoms with van der Waals surface area (Å²) in [6.45, 7) is 14.3. The van der Waals surface area contributed by atoms with Gasteiger partial charge in [-0.25, -0.2) is 19.4 Å². The Hall–Kier alpha value is -3.53. The lowest BCUT2D eigenvalue weighted by Gasteiger charge is -2.31. The highest BCUT2D eigenvalue weighted by Crippen LogP contribution is 2.30. The van der Waals surface area contributed by atoms with Crippen LogP contribution in [-0.2, 0) is 17.7 Å². The van der Waals surface area contributed by atoms with Gasteiger partial charge in [-0.2, -0.15) is 0 Å². The average molecular weight is 538 g/mol. The van der Waals surface area contributed by atoms with Crippen molar-refractivity contribution in [2.24, 2.45) is 4.99 Å². The summed E-state index contributed by atoms with van der Waals surface area (Å²) in [4.78, 5) is 25.0. The molecular formula is C29H43N7O3. The minimum absolute atomic E-state index is 0.215. The van der Waals surface area contributed by atoms with Gasteiger partial charge in [-0.15, -0.1) is 0 Å². The predicted octanol–water partition coefficient (Wildman–Crippen LogP) is 3.35. The zero-order valence-corrected chi connectivity index (χ0v) is 23.6. The summed E-state index contributed by atoms with van der Waals surface area (Å²) in [5.74, 6) is 8.16. The van der Waals surface area contributed by atoms with Gasteiger partial charge in [0.15, 0.2) is 0 Å². The number of rotatable bonds is 10. The number of benzene rings is 1. The van der Waals surface area contributed by atoms with Gasteiger partial charge in [0, 0.05) is 44.1 Å². The van der Waals surface area contributed by atoms with Gasteiger partial charge in [-0.1, -0.05) is 18.7 Å². The fraction of sp³-hybridized carbons (Fsp3) is 0.552. The number of unbranched alkanes of at least 4 members (excludes halogenated alkanes) is 1. The molecule has 0 saturated carbocycles. The molecule has 2 aromatic rings. The Morgan fingerprint density at radius 2 is 2.13 bits per heavy atom. The Kier molecular flexibility index (Phi) is 9.50. The molecule has 212 valence electrons. The van der Waals surface area contributed by atoms with Crippen molar-refractivity contribution >= 4 is 11.9 Å². The SMILES string of the molecule is C=CN=c1nccc(N2CCC[C@@H]2COc2cccc3c2CN(CCCCNC(=O)OC(C)(C)C)CC3)n1N. The van der Waals surface area contributed by atoms with Gasteiger partial charge in [0.1, 0.15) is 23.8 Å². The molecule has 10 nitrogen and oxygen atoms in total. The molecule has 3 heterocycles. The van der Waals surface area contributed by atoms with E-state index in [1.54, 1.807) is 6.20 Å². The van der Waals surface area contributed by atoms with Crippen molar-refractivity contribution in [2.45, 2.75) is 71.1 Å². The summed E-state index contributed by atoms with van der Waals surface area (Å²) in [6.07, 6.45) is 7.87. The Morgan fingerprint density at radius 1 is 1.28 bits per heavy atom. The lowest BCUT2D eigenvalue weighted by atomic mass is 9.98. The molecule has 4 rings (SSSR count). The van der Waals surface area contributed by atoms with Crippen molar-refractivity contribution in [3.05, 3.63) is 60.0 Å². The Morgan fingerprint density at radius 3 is 2.92 bits per heavy atom. The Labute approximate surface area is 231 Å². The summed E-state index contributed by atoms with van der Waals surface area (Å²) in [5, 5.41) is 2.85. The van der Waals surface area contributed by atoms with Crippen molar-refractivity contribution in [1.29, 1.82) is 0 Å². The zero-order chi connectivity index (χ0) is 27.8. The molecule has 39 heavy (non-hydrogen) atoms. The maximum absolute atomic E-state index is 11.8. The van der Waals surface area contributed by atoms with Gasteiger partial charge < -0.3 is 25.5 Å². The number of hydrogen-bond donors (Lipinski definition) is 2. The van der Waals surface area contributed by atoms with E-state index in [4.69, 9.17) is 15.3 Å². The fourth-order valence-electron chi connectivity index (χ4n) is 5.22. The normalized spacial score (nSPS) is 18.1. The second-order valence-corrected chi connectivity index (χ2v) is 11.1. The van der Waals surface area contributed by atoms with Gasteiger partial charge in [0.2, 0.25) is 5.62 Å². The number of carbonyl (C=O) groups excluding carboxylic acids is 1. The van der Waals surface area contributed by atoms with Gasteiger partial charge in [0.05, 0.1) is 6.04 Å². The first-order valence-electron chi connectivity index (χ1n) is 13.9. The van der Waals surface area contributed by atoms with Crippen molar-refractivity contribution in [3.63, 3.8) is 0 Å². The van der Waals surface area contributed by atoms with E-state index >= 15 is 0 Å². The van der Waals surface area contributed by atoms with Crippen molar-refractivity contribution < 1.29 is 14.3 Å². The van der Waals surface area contributed by atoms with E-state index in [0.29, 0.717) is 18.8 Å². The molecular weight excluding hydrogens is 494 g/mol. The standard InChI is InChI=1S/C29H43N7O3/c1-5-31-27-32-16-13-26(36(27)30)35-18-9-11-23(35)21-38-25-12-8-10-22-14-19-34(20-24(22)25)17-7-6-15-33-28(37)39-29(2,3)4/h5,8,10,12-13,16,23H,1,6-7,9,11,14-15,17-21,30H2,2-4H3,(H,33,37)/t23-/m1/s1. The molecule has 1 amide bonds. The van der Waals surface area contributed by atoms with Crippen molar-refractivity contribution in [2.75, 3.05) is 43.5 Å². The van der Waals surface area contributed by atoms with Gasteiger partial charge in [-0.3, -0.25) is 4.90 Å². The number of nitrogens with one attached hydrogen (secondary N) is 1. The minimum atomic E-state index is -0.475. The number of ether oxygens (including phenoxy) is 2. The van der Waals surface area contributed by atoms with Gasteiger partial charge in [-0.05, 0) is 77.1 Å². The smallest absolute Gasteiger partial charge is 0.407 e. The number of aromatic nitrogens is 2. The Bertz CT molecular complexity index is 1200. The summed E-state index contributed by atoms with van der Waals surface area (Å²) >= 11 is 0. The number of nitrogen functional groups attached to an aromatic ring is 1. The molecule has 1 aromatic carbocycles. The first kappa shape index (κ1) is 28.5. The summed E-state index contributed by atoms with van der Waals surface area (Å²) in [6, 6.07) is 8.53.